The normalized spacial score (nSPS) is 19.0. The van der Waals surface area contributed by atoms with Crippen LogP contribution in [0.25, 0.3) is 0 Å². The van der Waals surface area contributed by atoms with E-state index in [0.29, 0.717) is 12.5 Å². The molecule has 1 aromatic rings. The Morgan fingerprint density at radius 2 is 2.19 bits per heavy atom. The monoisotopic (exact) mass is 294 g/mol. The van der Waals surface area contributed by atoms with Gasteiger partial charge in [-0.3, -0.25) is 4.68 Å². The molecule has 0 saturated heterocycles. The van der Waals surface area contributed by atoms with Crippen LogP contribution in [0.15, 0.2) is 12.4 Å². The number of hydrogen-bond donors (Lipinski definition) is 3. The number of nitrogens with zero attached hydrogens (tertiary/aromatic N) is 2. The third kappa shape index (κ3) is 4.20. The van der Waals surface area contributed by atoms with Gasteiger partial charge in [-0.2, -0.15) is 5.10 Å². The number of aromatic nitrogens is 2. The van der Waals surface area contributed by atoms with Gasteiger partial charge in [0, 0.05) is 25.4 Å². The number of carbonyl (C=O) groups is 1. The zero-order valence-electron chi connectivity index (χ0n) is 12.9. The van der Waals surface area contributed by atoms with E-state index in [1.165, 1.54) is 19.3 Å². The Kier molecular flexibility index (Phi) is 5.22. The summed E-state index contributed by atoms with van der Waals surface area (Å²) in [6, 6.07) is -0.235. The predicted octanol–water partition coefficient (Wildman–Crippen LogP) is 1.55. The molecule has 0 aromatic carbocycles. The highest BCUT2D eigenvalue weighted by molar-refractivity contribution is 5.74. The maximum Gasteiger partial charge on any atom is 0.315 e. The Bertz CT molecular complexity index is 468. The van der Waals surface area contributed by atoms with Crippen molar-refractivity contribution in [3.63, 3.8) is 0 Å². The topological polar surface area (TPSA) is 79.2 Å². The number of urea groups is 1. The van der Waals surface area contributed by atoms with Gasteiger partial charge in [0.2, 0.25) is 0 Å². The molecular formula is C15H26N4O2. The molecule has 1 aliphatic carbocycles. The van der Waals surface area contributed by atoms with Gasteiger partial charge in [-0.1, -0.05) is 19.3 Å². The average Bonchev–Trinajstić information content (AvgIpc) is 2.91. The molecule has 6 nitrogen and oxygen atoms in total. The summed E-state index contributed by atoms with van der Waals surface area (Å²) >= 11 is 0. The molecule has 0 aliphatic heterocycles. The van der Waals surface area contributed by atoms with Crippen molar-refractivity contribution in [3.05, 3.63) is 18.0 Å². The van der Waals surface area contributed by atoms with Crippen LogP contribution in [0.2, 0.25) is 0 Å². The third-order valence-corrected chi connectivity index (χ3v) is 4.45. The van der Waals surface area contributed by atoms with E-state index < -0.39 is 5.54 Å². The molecule has 0 bridgehead atoms. The molecule has 0 unspecified atom stereocenters. The fourth-order valence-corrected chi connectivity index (χ4v) is 3.06. The van der Waals surface area contributed by atoms with Gasteiger partial charge in [0.05, 0.1) is 18.3 Å². The Hall–Kier alpha value is -1.56. The van der Waals surface area contributed by atoms with Gasteiger partial charge in [0.25, 0.3) is 0 Å². The molecule has 6 heteroatoms. The molecule has 0 radical (unpaired) electrons. The second kappa shape index (κ2) is 6.93. The van der Waals surface area contributed by atoms with Crippen LogP contribution in [-0.4, -0.2) is 33.1 Å². The number of rotatable bonds is 5. The zero-order valence-corrected chi connectivity index (χ0v) is 12.9. The van der Waals surface area contributed by atoms with Crippen molar-refractivity contribution < 1.29 is 9.90 Å². The van der Waals surface area contributed by atoms with Gasteiger partial charge in [-0.15, -0.1) is 0 Å². The Balaban J connectivity index is 1.86. The number of nitrogens with one attached hydrogen (secondary N) is 2. The minimum absolute atomic E-state index is 0.0298. The predicted molar refractivity (Wildman–Crippen MR) is 80.6 cm³/mol. The number of aliphatic hydroxyl groups is 1. The first-order valence-corrected chi connectivity index (χ1v) is 7.68. The summed E-state index contributed by atoms with van der Waals surface area (Å²) in [7, 11) is 1.84. The lowest BCUT2D eigenvalue weighted by Gasteiger charge is -2.39. The third-order valence-electron chi connectivity index (χ3n) is 4.45. The first-order valence-electron chi connectivity index (χ1n) is 7.68. The molecule has 0 spiro atoms. The first kappa shape index (κ1) is 15.8. The Morgan fingerprint density at radius 3 is 2.76 bits per heavy atom. The van der Waals surface area contributed by atoms with Crippen LogP contribution in [0.3, 0.4) is 0 Å². The molecule has 1 atom stereocenters. The summed E-state index contributed by atoms with van der Waals surface area (Å²) in [5.41, 5.74) is 0.412. The molecule has 1 heterocycles. The largest absolute Gasteiger partial charge is 0.394 e. The molecule has 2 rings (SSSR count). The number of carbonyl (C=O) groups excluding carboxylic acids is 1. The molecule has 118 valence electrons. The van der Waals surface area contributed by atoms with Crippen LogP contribution in [0.5, 0.6) is 0 Å². The number of aryl methyl sites for hydroxylation is 1. The quantitative estimate of drug-likeness (QED) is 0.771. The lowest BCUT2D eigenvalue weighted by atomic mass is 9.76. The summed E-state index contributed by atoms with van der Waals surface area (Å²) in [4.78, 5) is 12.1. The van der Waals surface area contributed by atoms with E-state index in [4.69, 9.17) is 0 Å². The first-order chi connectivity index (χ1) is 10.0. The Morgan fingerprint density at radius 1 is 1.48 bits per heavy atom. The molecule has 1 fully saturated rings. The van der Waals surface area contributed by atoms with Crippen molar-refractivity contribution in [1.29, 1.82) is 0 Å². The molecule has 1 aromatic heterocycles. The summed E-state index contributed by atoms with van der Waals surface area (Å²) in [5, 5.41) is 19.6. The molecule has 1 saturated carbocycles. The molecule has 1 aliphatic rings. The standard InChI is InChI=1S/C15H26N4O2/c1-15(11-20,13-6-4-3-5-7-13)18-14(21)16-8-12-9-17-19(2)10-12/h9-10,13,20H,3-8,11H2,1-2H3,(H2,16,18,21)/t15-/m1/s1. The summed E-state index contributed by atoms with van der Waals surface area (Å²) in [6.07, 6.45) is 9.35. The van der Waals surface area contributed by atoms with E-state index in [1.807, 2.05) is 20.2 Å². The van der Waals surface area contributed by atoms with Crippen molar-refractivity contribution in [2.75, 3.05) is 6.61 Å². The fraction of sp³-hybridized carbons (Fsp3) is 0.733. The van der Waals surface area contributed by atoms with Gasteiger partial charge >= 0.3 is 6.03 Å². The van der Waals surface area contributed by atoms with Crippen molar-refractivity contribution >= 4 is 6.03 Å². The van der Waals surface area contributed by atoms with Gasteiger partial charge in [-0.25, -0.2) is 4.79 Å². The van der Waals surface area contributed by atoms with Crippen LogP contribution in [0.1, 0.15) is 44.6 Å². The van der Waals surface area contributed by atoms with Gasteiger partial charge in [0.1, 0.15) is 0 Å². The average molecular weight is 294 g/mol. The summed E-state index contributed by atoms with van der Waals surface area (Å²) in [5.74, 6) is 0.348. The molecule has 3 N–H and O–H groups in total. The number of hydrogen-bond acceptors (Lipinski definition) is 3. The van der Waals surface area contributed by atoms with Crippen LogP contribution in [0.4, 0.5) is 4.79 Å². The highest BCUT2D eigenvalue weighted by Gasteiger charge is 2.35. The zero-order chi connectivity index (χ0) is 15.3. The van der Waals surface area contributed by atoms with Crippen molar-refractivity contribution in [2.24, 2.45) is 13.0 Å². The van der Waals surface area contributed by atoms with Gasteiger partial charge < -0.3 is 15.7 Å². The minimum atomic E-state index is -0.542. The highest BCUT2D eigenvalue weighted by Crippen LogP contribution is 2.32. The van der Waals surface area contributed by atoms with Crippen LogP contribution in [-0.2, 0) is 13.6 Å². The van der Waals surface area contributed by atoms with E-state index in [1.54, 1.807) is 10.9 Å². The van der Waals surface area contributed by atoms with Crippen molar-refractivity contribution in [3.8, 4) is 0 Å². The maximum atomic E-state index is 12.1. The second-order valence-corrected chi connectivity index (χ2v) is 6.24. The molecular weight excluding hydrogens is 268 g/mol. The highest BCUT2D eigenvalue weighted by atomic mass is 16.3. The minimum Gasteiger partial charge on any atom is -0.394 e. The SMILES string of the molecule is Cn1cc(CNC(=O)N[C@](C)(CO)C2CCCCC2)cn1. The molecule has 21 heavy (non-hydrogen) atoms. The van der Waals surface area contributed by atoms with Gasteiger partial charge in [0.15, 0.2) is 0 Å². The smallest absolute Gasteiger partial charge is 0.315 e. The number of aliphatic hydroxyl groups excluding tert-OH is 1. The lowest BCUT2D eigenvalue weighted by molar-refractivity contribution is 0.101. The van der Waals surface area contributed by atoms with Crippen molar-refractivity contribution in [2.45, 2.75) is 51.1 Å². The van der Waals surface area contributed by atoms with Gasteiger partial charge in [-0.05, 0) is 25.7 Å². The van der Waals surface area contributed by atoms with Crippen LogP contribution < -0.4 is 10.6 Å². The van der Waals surface area contributed by atoms with Crippen LogP contribution >= 0.6 is 0 Å². The van der Waals surface area contributed by atoms with E-state index >= 15 is 0 Å². The van der Waals surface area contributed by atoms with E-state index in [2.05, 4.69) is 15.7 Å². The Labute approximate surface area is 125 Å². The number of amides is 2. The van der Waals surface area contributed by atoms with Crippen molar-refractivity contribution in [1.82, 2.24) is 20.4 Å². The van der Waals surface area contributed by atoms with E-state index in [9.17, 15) is 9.90 Å². The van der Waals surface area contributed by atoms with E-state index in [-0.39, 0.29) is 12.6 Å². The van der Waals surface area contributed by atoms with E-state index in [0.717, 1.165) is 18.4 Å². The van der Waals surface area contributed by atoms with Crippen LogP contribution in [0, 0.1) is 5.92 Å². The second-order valence-electron chi connectivity index (χ2n) is 6.24. The lowest BCUT2D eigenvalue weighted by Crippen LogP contribution is -2.57. The molecule has 2 amide bonds. The fourth-order valence-electron chi connectivity index (χ4n) is 3.06. The summed E-state index contributed by atoms with van der Waals surface area (Å²) in [6.45, 7) is 2.34. The summed E-state index contributed by atoms with van der Waals surface area (Å²) < 4.78 is 1.70. The maximum absolute atomic E-state index is 12.1.